The molecule has 1 aliphatic rings. The molecule has 1 atom stereocenters. The Labute approximate surface area is 266 Å². The highest BCUT2D eigenvalue weighted by molar-refractivity contribution is 8.15. The number of Topliss-reactive ketones (excluding diaryl/α,β-unsaturated/α-hetero) is 1. The average Bonchev–Trinajstić information content (AvgIpc) is 3.49. The summed E-state index contributed by atoms with van der Waals surface area (Å²) in [5, 5.41) is -1.58. The number of unbranched alkanes of at least 4 members (excludes halogenated alkanes) is 1. The molecule has 0 spiro atoms. The smallest absolute Gasteiger partial charge is 0.465 e. The molecule has 3 rings (SSSR count). The minimum Gasteiger partial charge on any atom is -0.465 e. The summed E-state index contributed by atoms with van der Waals surface area (Å²) in [4.78, 5) is 75.8. The van der Waals surface area contributed by atoms with Crippen LogP contribution in [-0.2, 0) is 41.8 Å². The molecule has 45 heavy (non-hydrogen) atoms. The Kier molecular flexibility index (Phi) is 14.0. The molecular formula is C28H37NO14S2. The highest BCUT2D eigenvalue weighted by Gasteiger charge is 2.36. The summed E-state index contributed by atoms with van der Waals surface area (Å²) in [5.41, 5.74) is 0. The maximum absolute atomic E-state index is 13.3. The quantitative estimate of drug-likeness (QED) is 0.141. The number of esters is 1. The van der Waals surface area contributed by atoms with Gasteiger partial charge >= 0.3 is 28.2 Å². The van der Waals surface area contributed by atoms with Crippen LogP contribution < -0.4 is 11.6 Å². The molecule has 2 aromatic heterocycles. The van der Waals surface area contributed by atoms with Crippen LogP contribution in [0.3, 0.4) is 0 Å². The monoisotopic (exact) mass is 675 g/mol. The van der Waals surface area contributed by atoms with E-state index in [0.717, 1.165) is 26.1 Å². The van der Waals surface area contributed by atoms with Crippen molar-refractivity contribution in [2.75, 3.05) is 45.2 Å². The highest BCUT2D eigenvalue weighted by Crippen LogP contribution is 2.31. The van der Waals surface area contributed by atoms with Crippen molar-refractivity contribution >= 4 is 45.9 Å². The molecule has 15 nitrogen and oxygen atoms in total. The Hall–Kier alpha value is -3.28. The summed E-state index contributed by atoms with van der Waals surface area (Å²) in [6, 6.07) is 0. The Morgan fingerprint density at radius 3 is 1.98 bits per heavy atom. The molecule has 1 aliphatic heterocycles. The molecule has 0 radical (unpaired) electrons. The number of nitrogens with zero attached hydrogens (tertiary/aromatic N) is 1. The van der Waals surface area contributed by atoms with Gasteiger partial charge in [0.25, 0.3) is 0 Å². The largest absolute Gasteiger partial charge is 0.519 e. The number of thioether (sulfide) groups is 2. The molecular weight excluding hydrogens is 638 g/mol. The van der Waals surface area contributed by atoms with Gasteiger partial charge in [-0.05, 0) is 70.6 Å². The van der Waals surface area contributed by atoms with Crippen molar-refractivity contribution in [2.45, 2.75) is 64.9 Å². The first-order chi connectivity index (χ1) is 21.3. The van der Waals surface area contributed by atoms with E-state index in [1.807, 2.05) is 0 Å². The van der Waals surface area contributed by atoms with E-state index in [9.17, 15) is 28.8 Å². The number of aryl methyl sites for hydroxylation is 2. The molecule has 0 bridgehead atoms. The van der Waals surface area contributed by atoms with Gasteiger partial charge in [0, 0.05) is 25.3 Å². The Morgan fingerprint density at radius 1 is 0.844 bits per heavy atom. The normalized spacial score (nSPS) is 14.6. The molecule has 0 N–H and O–H groups in total. The van der Waals surface area contributed by atoms with Gasteiger partial charge in [-0.15, -0.1) is 0 Å². The van der Waals surface area contributed by atoms with Gasteiger partial charge in [-0.3, -0.25) is 14.5 Å². The number of carbonyl (C=O) groups excluding carboxylic acids is 4. The lowest BCUT2D eigenvalue weighted by molar-refractivity contribution is -0.149. The van der Waals surface area contributed by atoms with Gasteiger partial charge in [0.1, 0.15) is 5.78 Å². The SMILES string of the molecule is Cc1oc(=O)oc1COC(=O)SC[C@H](CC(=O)C(C)(C)SC(=O)OCc1oc(=O)oc1C)C(=O)OCCCCN1CCOCC1. The van der Waals surface area contributed by atoms with Gasteiger partial charge in [-0.1, -0.05) is 0 Å². The molecule has 0 saturated carbocycles. The Bertz CT molecular complexity index is 1410. The number of ketones is 1. The van der Waals surface area contributed by atoms with Gasteiger partial charge in [-0.25, -0.2) is 19.2 Å². The summed E-state index contributed by atoms with van der Waals surface area (Å²) < 4.78 is 38.8. The highest BCUT2D eigenvalue weighted by atomic mass is 32.2. The Balaban J connectivity index is 1.53. The molecule has 1 saturated heterocycles. The van der Waals surface area contributed by atoms with E-state index in [-0.39, 0.29) is 55.0 Å². The van der Waals surface area contributed by atoms with Crippen molar-refractivity contribution < 1.29 is 55.8 Å². The summed E-state index contributed by atoms with van der Waals surface area (Å²) in [6.07, 6.45) is 1.08. The van der Waals surface area contributed by atoms with E-state index in [1.54, 1.807) is 0 Å². The number of ether oxygens (including phenoxy) is 4. The van der Waals surface area contributed by atoms with Gasteiger partial charge in [-0.2, -0.15) is 0 Å². The number of carbonyl (C=O) groups is 4. The van der Waals surface area contributed by atoms with E-state index in [2.05, 4.69) is 4.90 Å². The lowest BCUT2D eigenvalue weighted by Gasteiger charge is -2.26. The maximum atomic E-state index is 13.3. The van der Waals surface area contributed by atoms with E-state index in [1.165, 1.54) is 27.7 Å². The number of hydrogen-bond acceptors (Lipinski definition) is 17. The summed E-state index contributed by atoms with van der Waals surface area (Å²) in [6.45, 7) is 9.29. The second-order valence-corrected chi connectivity index (χ2v) is 13.0. The molecule has 2 aromatic rings. The van der Waals surface area contributed by atoms with Crippen LogP contribution in [-0.4, -0.2) is 77.2 Å². The van der Waals surface area contributed by atoms with Crippen molar-refractivity contribution in [3.8, 4) is 0 Å². The zero-order valence-corrected chi connectivity index (χ0v) is 27.2. The second kappa shape index (κ2) is 17.4. The van der Waals surface area contributed by atoms with Gasteiger partial charge < -0.3 is 36.6 Å². The van der Waals surface area contributed by atoms with E-state index in [4.69, 9.17) is 36.6 Å². The lowest BCUT2D eigenvalue weighted by Crippen LogP contribution is -2.37. The fraction of sp³-hybridized carbons (Fsp3) is 0.643. The van der Waals surface area contributed by atoms with E-state index < -0.39 is 44.7 Å². The number of morpholine rings is 1. The van der Waals surface area contributed by atoms with Crippen molar-refractivity contribution in [1.29, 1.82) is 0 Å². The fourth-order valence-electron chi connectivity index (χ4n) is 4.00. The fourth-order valence-corrected chi connectivity index (χ4v) is 5.46. The predicted molar refractivity (Wildman–Crippen MR) is 159 cm³/mol. The zero-order valence-electron chi connectivity index (χ0n) is 25.5. The van der Waals surface area contributed by atoms with Crippen molar-refractivity contribution in [3.63, 3.8) is 0 Å². The van der Waals surface area contributed by atoms with Crippen LogP contribution in [0, 0.1) is 19.8 Å². The van der Waals surface area contributed by atoms with Gasteiger partial charge in [0.05, 0.1) is 30.5 Å². The summed E-state index contributed by atoms with van der Waals surface area (Å²) >= 11 is 1.25. The third-order valence-corrected chi connectivity index (χ3v) is 8.65. The third kappa shape index (κ3) is 12.2. The van der Waals surface area contributed by atoms with Crippen molar-refractivity contribution in [1.82, 2.24) is 4.90 Å². The van der Waals surface area contributed by atoms with E-state index in [0.29, 0.717) is 43.2 Å². The van der Waals surface area contributed by atoms with Crippen molar-refractivity contribution in [2.24, 2.45) is 5.92 Å². The lowest BCUT2D eigenvalue weighted by atomic mass is 9.97. The van der Waals surface area contributed by atoms with Gasteiger partial charge in [0.2, 0.25) is 0 Å². The maximum Gasteiger partial charge on any atom is 0.519 e. The molecule has 0 aliphatic carbocycles. The predicted octanol–water partition coefficient (Wildman–Crippen LogP) is 3.85. The zero-order chi connectivity index (χ0) is 33.0. The first-order valence-electron chi connectivity index (χ1n) is 14.2. The van der Waals surface area contributed by atoms with Crippen LogP contribution in [0.2, 0.25) is 0 Å². The summed E-state index contributed by atoms with van der Waals surface area (Å²) in [7, 11) is 0. The van der Waals surface area contributed by atoms with Crippen LogP contribution in [0.25, 0.3) is 0 Å². The van der Waals surface area contributed by atoms with Crippen LogP contribution in [0.5, 0.6) is 0 Å². The molecule has 0 aromatic carbocycles. The first-order valence-corrected chi connectivity index (χ1v) is 16.0. The number of hydrogen-bond donors (Lipinski definition) is 0. The van der Waals surface area contributed by atoms with Crippen LogP contribution >= 0.6 is 23.5 Å². The minimum absolute atomic E-state index is 0.0415. The summed E-state index contributed by atoms with van der Waals surface area (Å²) in [5.74, 6) is -3.73. The molecule has 1 fully saturated rings. The average molecular weight is 676 g/mol. The molecule has 17 heteroatoms. The second-order valence-electron chi connectivity index (χ2n) is 10.5. The van der Waals surface area contributed by atoms with Crippen molar-refractivity contribution in [3.05, 3.63) is 44.3 Å². The van der Waals surface area contributed by atoms with Crippen LogP contribution in [0.15, 0.2) is 27.3 Å². The van der Waals surface area contributed by atoms with Crippen LogP contribution in [0.4, 0.5) is 9.59 Å². The molecule has 250 valence electrons. The Morgan fingerprint density at radius 2 is 1.42 bits per heavy atom. The topological polar surface area (TPSA) is 195 Å². The van der Waals surface area contributed by atoms with Crippen LogP contribution in [0.1, 0.15) is 56.2 Å². The standard InChI is InChI=1S/C28H37NO14S2/c1-17-20(42-24(32)40-17)14-38-26(34)44-16-19(23(31)37-10-6-5-7-29-8-11-36-12-9-29)13-22(30)28(3,4)45-27(35)39-15-21-18(2)41-25(33)43-21/h19H,5-16H2,1-4H3/t19-/m0/s1. The molecule has 3 heterocycles. The molecule has 0 unspecified atom stereocenters. The third-order valence-electron chi connectivity index (χ3n) is 6.71. The van der Waals surface area contributed by atoms with Gasteiger partial charge in [0.15, 0.2) is 36.3 Å². The molecule has 0 amide bonds. The first kappa shape index (κ1) is 36.2. The minimum atomic E-state index is -1.32. The van der Waals surface area contributed by atoms with E-state index >= 15 is 0 Å². The number of rotatable bonds is 16.